The third-order valence-corrected chi connectivity index (χ3v) is 5.72. The van der Waals surface area contributed by atoms with Crippen LogP contribution in [0.15, 0.2) is 53.4 Å². The van der Waals surface area contributed by atoms with E-state index in [4.69, 9.17) is 0 Å². The van der Waals surface area contributed by atoms with Crippen molar-refractivity contribution in [3.63, 3.8) is 0 Å². The number of carbonyl (C=O) groups is 2. The average molecular weight is 427 g/mol. The number of amides is 2. The lowest BCUT2D eigenvalue weighted by Gasteiger charge is -2.31. The van der Waals surface area contributed by atoms with Crippen molar-refractivity contribution in [2.75, 3.05) is 5.75 Å². The van der Waals surface area contributed by atoms with E-state index >= 15 is 0 Å². The summed E-state index contributed by atoms with van der Waals surface area (Å²) in [6.45, 7) is 12.2. The molecule has 30 heavy (non-hydrogen) atoms. The van der Waals surface area contributed by atoms with E-state index in [1.807, 2.05) is 52.8 Å². The van der Waals surface area contributed by atoms with Crippen LogP contribution in [0.1, 0.15) is 50.8 Å². The van der Waals surface area contributed by atoms with Crippen LogP contribution in [-0.4, -0.2) is 34.0 Å². The second-order valence-corrected chi connectivity index (χ2v) is 10.0. The SMILES string of the molecule is Cc1ccc(SCCC(=O)N(Cc2cccc(C)c2)[C@H](C)C(=O)NC(C)(C)C)cc1. The lowest BCUT2D eigenvalue weighted by Crippen LogP contribution is -2.52. The second-order valence-electron chi connectivity index (χ2n) is 8.84. The molecule has 0 saturated carbocycles. The van der Waals surface area contributed by atoms with Crippen LogP contribution in [0.2, 0.25) is 0 Å². The number of nitrogens with one attached hydrogen (secondary N) is 1. The van der Waals surface area contributed by atoms with Crippen LogP contribution in [0.4, 0.5) is 0 Å². The summed E-state index contributed by atoms with van der Waals surface area (Å²) in [6, 6.07) is 15.9. The molecule has 1 N–H and O–H groups in total. The molecular formula is C25H34N2O2S. The number of nitrogens with zero attached hydrogens (tertiary/aromatic N) is 1. The fraction of sp³-hybridized carbons (Fsp3) is 0.440. The third-order valence-electron chi connectivity index (χ3n) is 4.71. The molecule has 162 valence electrons. The summed E-state index contributed by atoms with van der Waals surface area (Å²) in [7, 11) is 0. The maximum atomic E-state index is 13.1. The van der Waals surface area contributed by atoms with E-state index in [1.54, 1.807) is 16.7 Å². The van der Waals surface area contributed by atoms with E-state index in [-0.39, 0.29) is 17.4 Å². The summed E-state index contributed by atoms with van der Waals surface area (Å²) in [6.07, 6.45) is 0.386. The molecule has 0 radical (unpaired) electrons. The molecule has 0 saturated heterocycles. The first kappa shape index (κ1) is 24.0. The van der Waals surface area contributed by atoms with Crippen molar-refractivity contribution in [1.29, 1.82) is 0 Å². The Balaban J connectivity index is 2.09. The number of carbonyl (C=O) groups excluding carboxylic acids is 2. The smallest absolute Gasteiger partial charge is 0.242 e. The van der Waals surface area contributed by atoms with Crippen molar-refractivity contribution < 1.29 is 9.59 Å². The van der Waals surface area contributed by atoms with E-state index in [1.165, 1.54) is 5.56 Å². The maximum absolute atomic E-state index is 13.1. The minimum atomic E-state index is -0.540. The topological polar surface area (TPSA) is 49.4 Å². The van der Waals surface area contributed by atoms with Crippen LogP contribution in [0.3, 0.4) is 0 Å². The minimum Gasteiger partial charge on any atom is -0.350 e. The molecule has 0 heterocycles. The molecule has 2 amide bonds. The largest absolute Gasteiger partial charge is 0.350 e. The predicted octanol–water partition coefficient (Wildman–Crippen LogP) is 5.12. The van der Waals surface area contributed by atoms with Gasteiger partial charge in [-0.2, -0.15) is 0 Å². The van der Waals surface area contributed by atoms with Crippen molar-refractivity contribution in [3.05, 3.63) is 65.2 Å². The van der Waals surface area contributed by atoms with Crippen LogP contribution in [-0.2, 0) is 16.1 Å². The van der Waals surface area contributed by atoms with Crippen molar-refractivity contribution in [3.8, 4) is 0 Å². The van der Waals surface area contributed by atoms with Gasteiger partial charge in [0.05, 0.1) is 0 Å². The van der Waals surface area contributed by atoms with Gasteiger partial charge < -0.3 is 10.2 Å². The highest BCUT2D eigenvalue weighted by atomic mass is 32.2. The highest BCUT2D eigenvalue weighted by Crippen LogP contribution is 2.20. The maximum Gasteiger partial charge on any atom is 0.242 e. The van der Waals surface area contributed by atoms with E-state index in [2.05, 4.69) is 42.6 Å². The Labute approximate surface area is 185 Å². The first-order chi connectivity index (χ1) is 14.0. The molecule has 2 aromatic carbocycles. The molecule has 4 nitrogen and oxygen atoms in total. The van der Waals surface area contributed by atoms with Gasteiger partial charge in [-0.05, 0) is 59.2 Å². The molecule has 1 atom stereocenters. The summed E-state index contributed by atoms with van der Waals surface area (Å²) in [5, 5.41) is 3.00. The predicted molar refractivity (Wildman–Crippen MR) is 126 cm³/mol. The second kappa shape index (κ2) is 10.7. The highest BCUT2D eigenvalue weighted by Gasteiger charge is 2.28. The average Bonchev–Trinajstić information content (AvgIpc) is 2.65. The number of benzene rings is 2. The Morgan fingerprint density at radius 2 is 1.70 bits per heavy atom. The minimum absolute atomic E-state index is 0.00678. The molecule has 0 bridgehead atoms. The number of hydrogen-bond donors (Lipinski definition) is 1. The fourth-order valence-corrected chi connectivity index (χ4v) is 3.94. The lowest BCUT2D eigenvalue weighted by atomic mass is 10.1. The standard InChI is InChI=1S/C25H34N2O2S/c1-18-10-12-22(13-11-18)30-15-14-23(28)27(17-21-9-7-8-19(2)16-21)20(3)24(29)26-25(4,5)6/h7-13,16,20H,14-15,17H2,1-6H3,(H,26,29)/t20-/m1/s1. The van der Waals surface area contributed by atoms with Crippen LogP contribution in [0, 0.1) is 13.8 Å². The quantitative estimate of drug-likeness (QED) is 0.596. The normalized spacial score (nSPS) is 12.3. The molecule has 0 aliphatic heterocycles. The summed E-state index contributed by atoms with van der Waals surface area (Å²) >= 11 is 1.67. The van der Waals surface area contributed by atoms with Crippen LogP contribution in [0.25, 0.3) is 0 Å². The van der Waals surface area contributed by atoms with Gasteiger partial charge in [-0.3, -0.25) is 9.59 Å². The zero-order chi connectivity index (χ0) is 22.3. The van der Waals surface area contributed by atoms with Gasteiger partial charge in [0.1, 0.15) is 6.04 Å². The molecule has 2 aromatic rings. The molecule has 0 aromatic heterocycles. The summed E-state index contributed by atoms with van der Waals surface area (Å²) < 4.78 is 0. The van der Waals surface area contributed by atoms with E-state index in [0.717, 1.165) is 16.0 Å². The molecule has 0 spiro atoms. The molecule has 0 aliphatic carbocycles. The fourth-order valence-electron chi connectivity index (χ4n) is 3.10. The first-order valence-corrected chi connectivity index (χ1v) is 11.4. The molecule has 0 unspecified atom stereocenters. The molecular weight excluding hydrogens is 392 g/mol. The Morgan fingerprint density at radius 1 is 1.03 bits per heavy atom. The van der Waals surface area contributed by atoms with Crippen LogP contribution >= 0.6 is 11.8 Å². The lowest BCUT2D eigenvalue weighted by molar-refractivity contribution is -0.140. The van der Waals surface area contributed by atoms with Gasteiger partial charge in [-0.15, -0.1) is 11.8 Å². The van der Waals surface area contributed by atoms with Crippen LogP contribution in [0.5, 0.6) is 0 Å². The van der Waals surface area contributed by atoms with E-state index in [9.17, 15) is 9.59 Å². The summed E-state index contributed by atoms with van der Waals surface area (Å²) in [4.78, 5) is 28.7. The van der Waals surface area contributed by atoms with Gasteiger partial charge in [0, 0.05) is 29.2 Å². The van der Waals surface area contributed by atoms with Gasteiger partial charge in [-0.25, -0.2) is 0 Å². The van der Waals surface area contributed by atoms with Gasteiger partial charge >= 0.3 is 0 Å². The van der Waals surface area contributed by atoms with Crippen molar-refractivity contribution in [2.45, 2.75) is 71.0 Å². The Kier molecular flexibility index (Phi) is 8.54. The first-order valence-electron chi connectivity index (χ1n) is 10.4. The van der Waals surface area contributed by atoms with Gasteiger partial charge in [-0.1, -0.05) is 47.5 Å². The van der Waals surface area contributed by atoms with Gasteiger partial charge in [0.25, 0.3) is 0 Å². The third kappa shape index (κ3) is 7.86. The Hall–Kier alpha value is -2.27. The number of thioether (sulfide) groups is 1. The van der Waals surface area contributed by atoms with Crippen molar-refractivity contribution >= 4 is 23.6 Å². The zero-order valence-corrected chi connectivity index (χ0v) is 19.8. The number of rotatable bonds is 8. The summed E-state index contributed by atoms with van der Waals surface area (Å²) in [5.74, 6) is 0.544. The monoisotopic (exact) mass is 426 g/mol. The molecule has 0 fully saturated rings. The molecule has 2 rings (SSSR count). The molecule has 5 heteroatoms. The Morgan fingerprint density at radius 3 is 2.30 bits per heavy atom. The van der Waals surface area contributed by atoms with Crippen molar-refractivity contribution in [1.82, 2.24) is 10.2 Å². The van der Waals surface area contributed by atoms with Crippen LogP contribution < -0.4 is 5.32 Å². The Bertz CT molecular complexity index is 856. The molecule has 0 aliphatic rings. The van der Waals surface area contributed by atoms with E-state index < -0.39 is 6.04 Å². The zero-order valence-electron chi connectivity index (χ0n) is 19.0. The highest BCUT2D eigenvalue weighted by molar-refractivity contribution is 7.99. The summed E-state index contributed by atoms with van der Waals surface area (Å²) in [5.41, 5.74) is 3.05. The van der Waals surface area contributed by atoms with Crippen molar-refractivity contribution in [2.24, 2.45) is 0 Å². The van der Waals surface area contributed by atoms with Gasteiger partial charge in [0.2, 0.25) is 11.8 Å². The number of hydrogen-bond acceptors (Lipinski definition) is 3. The van der Waals surface area contributed by atoms with Gasteiger partial charge in [0.15, 0.2) is 0 Å². The number of aryl methyl sites for hydroxylation is 2. The van der Waals surface area contributed by atoms with E-state index in [0.29, 0.717) is 18.7 Å².